The zero-order chi connectivity index (χ0) is 12.4. The normalized spacial score (nSPS) is 19.3. The Morgan fingerprint density at radius 1 is 1.12 bits per heavy atom. The number of aryl methyl sites for hydroxylation is 3. The third kappa shape index (κ3) is 2.70. The smallest absolute Gasteiger partial charge is 0.0469 e. The second-order valence-electron chi connectivity index (χ2n) is 5.29. The van der Waals surface area contributed by atoms with Gasteiger partial charge < -0.3 is 10.5 Å². The summed E-state index contributed by atoms with van der Waals surface area (Å²) in [5.74, 6) is 0.573. The van der Waals surface area contributed by atoms with Crippen molar-refractivity contribution in [2.24, 2.45) is 11.7 Å². The Balaban J connectivity index is 2.26. The van der Waals surface area contributed by atoms with E-state index in [1.807, 2.05) is 0 Å². The molecule has 1 atom stereocenters. The van der Waals surface area contributed by atoms with Gasteiger partial charge in [-0.3, -0.25) is 0 Å². The van der Waals surface area contributed by atoms with Crippen LogP contribution in [0.5, 0.6) is 0 Å². The summed E-state index contributed by atoms with van der Waals surface area (Å²) >= 11 is 0. The summed E-state index contributed by atoms with van der Waals surface area (Å²) in [6.45, 7) is 8.22. The first-order chi connectivity index (χ1) is 8.09. The van der Waals surface area contributed by atoms with E-state index in [1.54, 1.807) is 0 Å². The molecule has 0 unspecified atom stereocenters. The van der Waals surface area contributed by atoms with Gasteiger partial charge in [0.15, 0.2) is 0 Å². The van der Waals surface area contributed by atoms with Crippen molar-refractivity contribution in [2.45, 2.75) is 39.7 Å². The molecule has 0 spiro atoms. The van der Waals surface area contributed by atoms with Crippen LogP contribution in [0.15, 0.2) is 12.1 Å². The Morgan fingerprint density at radius 2 is 1.65 bits per heavy atom. The van der Waals surface area contributed by atoms with Crippen molar-refractivity contribution < 1.29 is 4.74 Å². The van der Waals surface area contributed by atoms with Gasteiger partial charge in [-0.1, -0.05) is 17.7 Å². The summed E-state index contributed by atoms with van der Waals surface area (Å²) in [7, 11) is 0. The molecule has 0 aromatic heterocycles. The van der Waals surface area contributed by atoms with E-state index in [4.69, 9.17) is 10.5 Å². The summed E-state index contributed by atoms with van der Waals surface area (Å²) < 4.78 is 5.41. The highest BCUT2D eigenvalue weighted by Crippen LogP contribution is 2.32. The lowest BCUT2D eigenvalue weighted by atomic mass is 9.83. The van der Waals surface area contributed by atoms with Crippen LogP contribution in [0.4, 0.5) is 0 Å². The van der Waals surface area contributed by atoms with Crippen LogP contribution in [0.1, 0.15) is 41.1 Å². The molecule has 0 aliphatic carbocycles. The van der Waals surface area contributed by atoms with Crippen molar-refractivity contribution in [3.63, 3.8) is 0 Å². The fourth-order valence-corrected chi connectivity index (χ4v) is 3.03. The van der Waals surface area contributed by atoms with Crippen LogP contribution >= 0.6 is 0 Å². The molecule has 0 radical (unpaired) electrons. The molecule has 1 aliphatic rings. The molecular formula is C15H23NO. The van der Waals surface area contributed by atoms with Crippen LogP contribution < -0.4 is 5.73 Å². The monoisotopic (exact) mass is 233 g/mol. The molecule has 1 saturated heterocycles. The van der Waals surface area contributed by atoms with Crippen LogP contribution in [0, 0.1) is 26.7 Å². The molecule has 1 aliphatic heterocycles. The molecule has 1 heterocycles. The number of hydrogen-bond acceptors (Lipinski definition) is 2. The van der Waals surface area contributed by atoms with Gasteiger partial charge >= 0.3 is 0 Å². The first-order valence-corrected chi connectivity index (χ1v) is 6.50. The van der Waals surface area contributed by atoms with Crippen LogP contribution in [-0.2, 0) is 4.74 Å². The number of rotatable bonds is 2. The highest BCUT2D eigenvalue weighted by atomic mass is 16.5. The summed E-state index contributed by atoms with van der Waals surface area (Å²) in [6.07, 6.45) is 2.18. The molecule has 2 rings (SSSR count). The van der Waals surface area contributed by atoms with Gasteiger partial charge in [-0.25, -0.2) is 0 Å². The van der Waals surface area contributed by atoms with Crippen molar-refractivity contribution in [1.29, 1.82) is 0 Å². The predicted molar refractivity (Wildman–Crippen MR) is 71.1 cm³/mol. The van der Waals surface area contributed by atoms with E-state index in [2.05, 4.69) is 32.9 Å². The molecule has 0 saturated carbocycles. The Bertz CT molecular complexity index is 371. The molecule has 17 heavy (non-hydrogen) atoms. The molecule has 2 nitrogen and oxygen atoms in total. The summed E-state index contributed by atoms with van der Waals surface area (Å²) in [5.41, 5.74) is 11.8. The van der Waals surface area contributed by atoms with Crippen molar-refractivity contribution in [3.8, 4) is 0 Å². The fourth-order valence-electron chi connectivity index (χ4n) is 3.03. The maximum absolute atomic E-state index is 6.47. The van der Waals surface area contributed by atoms with Crippen molar-refractivity contribution >= 4 is 0 Å². The zero-order valence-corrected chi connectivity index (χ0v) is 11.1. The van der Waals surface area contributed by atoms with E-state index in [9.17, 15) is 0 Å². The van der Waals surface area contributed by atoms with Gasteiger partial charge in [0.1, 0.15) is 0 Å². The van der Waals surface area contributed by atoms with Crippen LogP contribution in [0.2, 0.25) is 0 Å². The lowest BCUT2D eigenvalue weighted by Gasteiger charge is -2.30. The second kappa shape index (κ2) is 5.19. The molecule has 2 heteroatoms. The third-order valence-electron chi connectivity index (χ3n) is 3.85. The summed E-state index contributed by atoms with van der Waals surface area (Å²) in [4.78, 5) is 0. The number of ether oxygens (including phenoxy) is 1. The quantitative estimate of drug-likeness (QED) is 0.852. The SMILES string of the molecule is Cc1cc(C)c([C@@H](N)C2CCOCC2)c(C)c1. The number of hydrogen-bond donors (Lipinski definition) is 1. The lowest BCUT2D eigenvalue weighted by Crippen LogP contribution is -2.28. The van der Waals surface area contributed by atoms with Crippen molar-refractivity contribution in [3.05, 3.63) is 34.4 Å². The molecule has 0 bridgehead atoms. The highest BCUT2D eigenvalue weighted by molar-refractivity contribution is 5.39. The number of benzene rings is 1. The van der Waals surface area contributed by atoms with Crippen LogP contribution in [0.25, 0.3) is 0 Å². The first kappa shape index (κ1) is 12.6. The Hall–Kier alpha value is -0.860. The zero-order valence-electron chi connectivity index (χ0n) is 11.1. The Morgan fingerprint density at radius 3 is 2.18 bits per heavy atom. The molecule has 0 amide bonds. The third-order valence-corrected chi connectivity index (χ3v) is 3.85. The van der Waals surface area contributed by atoms with Crippen molar-refractivity contribution in [2.75, 3.05) is 13.2 Å². The fraction of sp³-hybridized carbons (Fsp3) is 0.600. The van der Waals surface area contributed by atoms with Gasteiger partial charge in [-0.2, -0.15) is 0 Å². The summed E-state index contributed by atoms with van der Waals surface area (Å²) in [5, 5.41) is 0. The minimum Gasteiger partial charge on any atom is -0.381 e. The maximum atomic E-state index is 6.47. The molecule has 1 fully saturated rings. The van der Waals surface area contributed by atoms with Gasteiger partial charge in [0, 0.05) is 19.3 Å². The largest absolute Gasteiger partial charge is 0.381 e. The highest BCUT2D eigenvalue weighted by Gasteiger charge is 2.24. The average molecular weight is 233 g/mol. The molecule has 1 aromatic rings. The molecule has 1 aromatic carbocycles. The molecule has 94 valence electrons. The molecule has 2 N–H and O–H groups in total. The van der Waals surface area contributed by atoms with Crippen LogP contribution in [0.3, 0.4) is 0 Å². The van der Waals surface area contributed by atoms with Gasteiger partial charge in [0.25, 0.3) is 0 Å². The van der Waals surface area contributed by atoms with Crippen molar-refractivity contribution in [1.82, 2.24) is 0 Å². The Kier molecular flexibility index (Phi) is 3.85. The second-order valence-corrected chi connectivity index (χ2v) is 5.29. The topological polar surface area (TPSA) is 35.2 Å². The van der Waals surface area contributed by atoms with E-state index in [1.165, 1.54) is 22.3 Å². The minimum atomic E-state index is 0.166. The average Bonchev–Trinajstić information content (AvgIpc) is 2.28. The summed E-state index contributed by atoms with van der Waals surface area (Å²) in [6, 6.07) is 4.64. The van der Waals surface area contributed by atoms with E-state index < -0.39 is 0 Å². The van der Waals surface area contributed by atoms with Gasteiger partial charge in [0.2, 0.25) is 0 Å². The Labute approximate surface area is 104 Å². The van der Waals surface area contributed by atoms with Crippen LogP contribution in [-0.4, -0.2) is 13.2 Å². The standard InChI is InChI=1S/C15H23NO/c1-10-8-11(2)14(12(3)9-10)15(16)13-4-6-17-7-5-13/h8-9,13,15H,4-7,16H2,1-3H3/t15-/m0/s1. The van der Waals surface area contributed by atoms with E-state index in [0.717, 1.165) is 26.1 Å². The number of nitrogens with two attached hydrogens (primary N) is 1. The lowest BCUT2D eigenvalue weighted by molar-refractivity contribution is 0.0582. The first-order valence-electron chi connectivity index (χ1n) is 6.50. The predicted octanol–water partition coefficient (Wildman–Crippen LogP) is 3.04. The van der Waals surface area contributed by atoms with Gasteiger partial charge in [0.05, 0.1) is 0 Å². The van der Waals surface area contributed by atoms with Gasteiger partial charge in [-0.05, 0) is 56.2 Å². The van der Waals surface area contributed by atoms with E-state index in [-0.39, 0.29) is 6.04 Å². The van der Waals surface area contributed by atoms with E-state index in [0.29, 0.717) is 5.92 Å². The minimum absolute atomic E-state index is 0.166. The van der Waals surface area contributed by atoms with Gasteiger partial charge in [-0.15, -0.1) is 0 Å². The maximum Gasteiger partial charge on any atom is 0.0469 e. The molecular weight excluding hydrogens is 210 g/mol. The van der Waals surface area contributed by atoms with E-state index >= 15 is 0 Å².